The number of hydrogen-bond donors (Lipinski definition) is 1. The Bertz CT molecular complexity index is 692. The molecule has 1 unspecified atom stereocenters. The molecule has 0 aliphatic carbocycles. The van der Waals surface area contributed by atoms with E-state index >= 15 is 0 Å². The third kappa shape index (κ3) is 3.83. The molecule has 1 aliphatic rings. The van der Waals surface area contributed by atoms with Gasteiger partial charge >= 0.3 is 0 Å². The molecule has 1 aliphatic heterocycles. The SMILES string of the molecule is O=C(Nc1ccc(Cl)cn1)C1CCCN(C(=O)c2csnn2)C1. The normalized spacial score (nSPS) is 17.8. The van der Waals surface area contributed by atoms with Gasteiger partial charge in [0, 0.05) is 24.7 Å². The number of aromatic nitrogens is 3. The number of nitrogens with one attached hydrogen (secondary N) is 1. The Labute approximate surface area is 141 Å². The standard InChI is InChI=1S/C14H14ClN5O2S/c15-10-3-4-12(16-6-10)17-13(21)9-2-1-5-20(7-9)14(22)11-8-23-19-18-11/h3-4,6,8-9H,1-2,5,7H2,(H,16,17,21). The molecular formula is C14H14ClN5O2S. The summed E-state index contributed by atoms with van der Waals surface area (Å²) in [7, 11) is 0. The van der Waals surface area contributed by atoms with Crippen molar-refractivity contribution in [3.8, 4) is 0 Å². The quantitative estimate of drug-likeness (QED) is 0.914. The molecule has 0 saturated carbocycles. The van der Waals surface area contributed by atoms with E-state index in [0.29, 0.717) is 29.6 Å². The van der Waals surface area contributed by atoms with E-state index in [1.807, 2.05) is 0 Å². The van der Waals surface area contributed by atoms with Crippen molar-refractivity contribution in [3.63, 3.8) is 0 Å². The zero-order valence-corrected chi connectivity index (χ0v) is 13.7. The van der Waals surface area contributed by atoms with Crippen LogP contribution in [0.4, 0.5) is 5.82 Å². The minimum Gasteiger partial charge on any atom is -0.336 e. The van der Waals surface area contributed by atoms with E-state index in [1.165, 1.54) is 6.20 Å². The number of carbonyl (C=O) groups excluding carboxylic acids is 2. The number of carbonyl (C=O) groups is 2. The molecule has 1 saturated heterocycles. The van der Waals surface area contributed by atoms with Crippen molar-refractivity contribution < 1.29 is 9.59 Å². The van der Waals surface area contributed by atoms with E-state index in [-0.39, 0.29) is 17.7 Å². The summed E-state index contributed by atoms with van der Waals surface area (Å²) in [5.74, 6) is -0.141. The zero-order chi connectivity index (χ0) is 16.2. The molecule has 3 heterocycles. The molecule has 1 N–H and O–H groups in total. The predicted molar refractivity (Wildman–Crippen MR) is 86.4 cm³/mol. The summed E-state index contributed by atoms with van der Waals surface area (Å²) < 4.78 is 3.70. The van der Waals surface area contributed by atoms with Crippen LogP contribution in [0.15, 0.2) is 23.7 Å². The molecule has 7 nitrogen and oxygen atoms in total. The van der Waals surface area contributed by atoms with Gasteiger partial charge in [-0.15, -0.1) is 5.10 Å². The van der Waals surface area contributed by atoms with Crippen molar-refractivity contribution in [3.05, 3.63) is 34.4 Å². The maximum atomic E-state index is 12.4. The molecule has 2 aromatic heterocycles. The highest BCUT2D eigenvalue weighted by Crippen LogP contribution is 2.20. The Morgan fingerprint density at radius 2 is 2.26 bits per heavy atom. The fraction of sp³-hybridized carbons (Fsp3) is 0.357. The maximum Gasteiger partial charge on any atom is 0.275 e. The second-order valence-corrected chi connectivity index (χ2v) is 6.28. The Morgan fingerprint density at radius 1 is 1.39 bits per heavy atom. The van der Waals surface area contributed by atoms with Gasteiger partial charge in [0.15, 0.2) is 5.69 Å². The van der Waals surface area contributed by atoms with Gasteiger partial charge in [0.25, 0.3) is 5.91 Å². The lowest BCUT2D eigenvalue weighted by Crippen LogP contribution is -2.44. The number of piperidine rings is 1. The van der Waals surface area contributed by atoms with Crippen LogP contribution < -0.4 is 5.32 Å². The maximum absolute atomic E-state index is 12.4. The van der Waals surface area contributed by atoms with Gasteiger partial charge in [-0.3, -0.25) is 9.59 Å². The molecular weight excluding hydrogens is 338 g/mol. The molecule has 120 valence electrons. The highest BCUT2D eigenvalue weighted by atomic mass is 35.5. The summed E-state index contributed by atoms with van der Waals surface area (Å²) in [6.45, 7) is 0.995. The van der Waals surface area contributed by atoms with Crippen LogP contribution in [0.5, 0.6) is 0 Å². The van der Waals surface area contributed by atoms with Crippen molar-refractivity contribution in [2.45, 2.75) is 12.8 Å². The molecule has 0 bridgehead atoms. The largest absolute Gasteiger partial charge is 0.336 e. The highest BCUT2D eigenvalue weighted by Gasteiger charge is 2.29. The summed E-state index contributed by atoms with van der Waals surface area (Å²) in [6.07, 6.45) is 2.98. The van der Waals surface area contributed by atoms with Gasteiger partial charge in [-0.2, -0.15) is 0 Å². The van der Waals surface area contributed by atoms with Crippen LogP contribution in [0.3, 0.4) is 0 Å². The van der Waals surface area contributed by atoms with Crippen molar-refractivity contribution in [1.29, 1.82) is 0 Å². The monoisotopic (exact) mass is 351 g/mol. The number of hydrogen-bond acceptors (Lipinski definition) is 6. The lowest BCUT2D eigenvalue weighted by atomic mass is 9.97. The van der Waals surface area contributed by atoms with Gasteiger partial charge in [0.05, 0.1) is 10.9 Å². The first-order valence-electron chi connectivity index (χ1n) is 7.12. The molecule has 3 rings (SSSR count). The average molecular weight is 352 g/mol. The highest BCUT2D eigenvalue weighted by molar-refractivity contribution is 7.03. The van der Waals surface area contributed by atoms with Crippen LogP contribution in [0.25, 0.3) is 0 Å². The summed E-state index contributed by atoms with van der Waals surface area (Å²) in [5, 5.41) is 8.68. The minimum absolute atomic E-state index is 0.145. The Morgan fingerprint density at radius 3 is 2.96 bits per heavy atom. The van der Waals surface area contributed by atoms with E-state index in [2.05, 4.69) is 19.9 Å². The van der Waals surface area contributed by atoms with Crippen LogP contribution in [-0.2, 0) is 4.79 Å². The first kappa shape index (κ1) is 15.8. The van der Waals surface area contributed by atoms with Gasteiger partial charge in [0.2, 0.25) is 5.91 Å². The topological polar surface area (TPSA) is 88.1 Å². The number of amides is 2. The molecule has 23 heavy (non-hydrogen) atoms. The first-order chi connectivity index (χ1) is 11.1. The second kappa shape index (κ2) is 7.01. The fourth-order valence-corrected chi connectivity index (χ4v) is 3.02. The van der Waals surface area contributed by atoms with Crippen molar-refractivity contribution >= 4 is 40.8 Å². The van der Waals surface area contributed by atoms with E-state index in [0.717, 1.165) is 24.4 Å². The minimum atomic E-state index is -0.267. The first-order valence-corrected chi connectivity index (χ1v) is 8.33. The number of rotatable bonds is 3. The Hall–Kier alpha value is -2.06. The van der Waals surface area contributed by atoms with Gasteiger partial charge in [-0.25, -0.2) is 4.98 Å². The number of nitrogens with zero attached hydrogens (tertiary/aromatic N) is 4. The lowest BCUT2D eigenvalue weighted by molar-refractivity contribution is -0.121. The van der Waals surface area contributed by atoms with Crippen LogP contribution in [0.1, 0.15) is 23.3 Å². The van der Waals surface area contributed by atoms with Crippen LogP contribution in [0.2, 0.25) is 5.02 Å². The number of halogens is 1. The Balaban J connectivity index is 1.62. The molecule has 1 fully saturated rings. The molecule has 2 aromatic rings. The van der Waals surface area contributed by atoms with Crippen LogP contribution >= 0.6 is 23.1 Å². The molecule has 0 aromatic carbocycles. The number of anilines is 1. The van der Waals surface area contributed by atoms with Crippen molar-refractivity contribution in [2.75, 3.05) is 18.4 Å². The molecule has 0 spiro atoms. The van der Waals surface area contributed by atoms with Crippen LogP contribution in [0, 0.1) is 5.92 Å². The van der Waals surface area contributed by atoms with Crippen molar-refractivity contribution in [1.82, 2.24) is 19.5 Å². The smallest absolute Gasteiger partial charge is 0.275 e. The van der Waals surface area contributed by atoms with Gasteiger partial charge in [-0.05, 0) is 36.5 Å². The van der Waals surface area contributed by atoms with Crippen molar-refractivity contribution in [2.24, 2.45) is 5.92 Å². The summed E-state index contributed by atoms with van der Waals surface area (Å²) >= 11 is 6.91. The summed E-state index contributed by atoms with van der Waals surface area (Å²) in [4.78, 5) is 30.4. The Kier molecular flexibility index (Phi) is 4.82. The van der Waals surface area contributed by atoms with Gasteiger partial charge < -0.3 is 10.2 Å². The van der Waals surface area contributed by atoms with E-state index in [9.17, 15) is 9.59 Å². The van der Waals surface area contributed by atoms with Gasteiger partial charge in [0.1, 0.15) is 5.82 Å². The van der Waals surface area contributed by atoms with E-state index in [4.69, 9.17) is 11.6 Å². The molecule has 0 radical (unpaired) electrons. The number of likely N-dealkylation sites (tertiary alicyclic amines) is 1. The summed E-state index contributed by atoms with van der Waals surface area (Å²) in [5.41, 5.74) is 0.329. The van der Waals surface area contributed by atoms with E-state index < -0.39 is 0 Å². The molecule has 9 heteroatoms. The van der Waals surface area contributed by atoms with E-state index in [1.54, 1.807) is 22.4 Å². The van der Waals surface area contributed by atoms with Crippen LogP contribution in [-0.4, -0.2) is 44.4 Å². The predicted octanol–water partition coefficient (Wildman–Crippen LogP) is 2.08. The average Bonchev–Trinajstić information content (AvgIpc) is 3.11. The number of pyridine rings is 1. The molecule has 1 atom stereocenters. The third-order valence-electron chi connectivity index (χ3n) is 3.64. The third-order valence-corrected chi connectivity index (χ3v) is 4.37. The fourth-order valence-electron chi connectivity index (χ4n) is 2.47. The molecule has 2 amide bonds. The zero-order valence-electron chi connectivity index (χ0n) is 12.1. The van der Waals surface area contributed by atoms with Gasteiger partial charge in [-0.1, -0.05) is 16.1 Å². The lowest BCUT2D eigenvalue weighted by Gasteiger charge is -2.31. The summed E-state index contributed by atoms with van der Waals surface area (Å²) in [6, 6.07) is 3.31. The second-order valence-electron chi connectivity index (χ2n) is 5.23.